The molecule has 8 heteroatoms. The number of aromatic amines is 1. The molecule has 142 valence electrons. The molecule has 0 saturated carbocycles. The third-order valence-corrected chi connectivity index (χ3v) is 4.23. The topological polar surface area (TPSA) is 112 Å². The zero-order valence-corrected chi connectivity index (χ0v) is 15.1. The van der Waals surface area contributed by atoms with Crippen molar-refractivity contribution in [2.75, 3.05) is 26.1 Å². The van der Waals surface area contributed by atoms with Gasteiger partial charge in [-0.15, -0.1) is 0 Å². The van der Waals surface area contributed by atoms with Crippen LogP contribution in [0.25, 0.3) is 11.0 Å². The van der Waals surface area contributed by atoms with E-state index in [4.69, 9.17) is 9.47 Å². The van der Waals surface area contributed by atoms with Gasteiger partial charge in [-0.1, -0.05) is 0 Å². The second kappa shape index (κ2) is 8.07. The highest BCUT2D eigenvalue weighted by molar-refractivity contribution is 5.77. The van der Waals surface area contributed by atoms with Crippen molar-refractivity contribution < 1.29 is 19.7 Å². The summed E-state index contributed by atoms with van der Waals surface area (Å²) >= 11 is 0. The van der Waals surface area contributed by atoms with Crippen molar-refractivity contribution in [3.05, 3.63) is 42.2 Å². The molecule has 0 aliphatic rings. The standard InChI is InChI=1S/C19H22N4O4/c1-20-15-8-11(26-2)4-6-13(15)21-10-17(24)18(25)19-22-14-7-5-12(27-3)9-16(14)23-19/h4-9,17-18,21,24-25H,1,10H2,2-3H3,(H,22,23). The number of aromatic nitrogens is 2. The van der Waals surface area contributed by atoms with Gasteiger partial charge in [0.05, 0.1) is 36.6 Å². The summed E-state index contributed by atoms with van der Waals surface area (Å²) in [6.45, 7) is 3.63. The van der Waals surface area contributed by atoms with Gasteiger partial charge in [-0.3, -0.25) is 4.99 Å². The SMILES string of the molecule is C=Nc1cc(OC)ccc1NCC(O)C(O)c1nc2ccc(OC)cc2[nH]1. The molecule has 3 rings (SSSR count). The number of ether oxygens (including phenoxy) is 2. The Hall–Kier alpha value is -3.10. The number of hydrogen-bond acceptors (Lipinski definition) is 7. The van der Waals surface area contributed by atoms with Crippen LogP contribution >= 0.6 is 0 Å². The van der Waals surface area contributed by atoms with Crippen molar-refractivity contribution in [1.82, 2.24) is 9.97 Å². The van der Waals surface area contributed by atoms with E-state index in [-0.39, 0.29) is 12.4 Å². The van der Waals surface area contributed by atoms with Gasteiger partial charge in [0, 0.05) is 18.7 Å². The molecule has 27 heavy (non-hydrogen) atoms. The first kappa shape index (κ1) is 18.7. The van der Waals surface area contributed by atoms with Gasteiger partial charge in [-0.05, 0) is 31.0 Å². The minimum absolute atomic E-state index is 0.0936. The molecule has 2 aromatic carbocycles. The van der Waals surface area contributed by atoms with Crippen molar-refractivity contribution >= 4 is 29.1 Å². The summed E-state index contributed by atoms with van der Waals surface area (Å²) in [5.74, 6) is 1.61. The molecule has 0 aliphatic carbocycles. The van der Waals surface area contributed by atoms with Crippen molar-refractivity contribution in [2.45, 2.75) is 12.2 Å². The summed E-state index contributed by atoms with van der Waals surface area (Å²) < 4.78 is 10.3. The van der Waals surface area contributed by atoms with Crippen molar-refractivity contribution in [3.63, 3.8) is 0 Å². The van der Waals surface area contributed by atoms with Crippen LogP contribution in [0.5, 0.6) is 11.5 Å². The lowest BCUT2D eigenvalue weighted by Crippen LogP contribution is -2.27. The van der Waals surface area contributed by atoms with E-state index in [9.17, 15) is 10.2 Å². The number of aliphatic hydroxyl groups excluding tert-OH is 2. The van der Waals surface area contributed by atoms with Crippen LogP contribution < -0.4 is 14.8 Å². The summed E-state index contributed by atoms with van der Waals surface area (Å²) in [6, 6.07) is 10.6. The minimum Gasteiger partial charge on any atom is -0.497 e. The van der Waals surface area contributed by atoms with Crippen molar-refractivity contribution in [3.8, 4) is 11.5 Å². The van der Waals surface area contributed by atoms with Crippen molar-refractivity contribution in [1.29, 1.82) is 0 Å². The number of fused-ring (bicyclic) bond motifs is 1. The Labute approximate surface area is 156 Å². The van der Waals surface area contributed by atoms with Crippen LogP contribution in [-0.4, -0.2) is 53.8 Å². The molecule has 2 unspecified atom stereocenters. The predicted molar refractivity (Wildman–Crippen MR) is 104 cm³/mol. The highest BCUT2D eigenvalue weighted by Gasteiger charge is 2.22. The highest BCUT2D eigenvalue weighted by Crippen LogP contribution is 2.29. The Morgan fingerprint density at radius 1 is 1.15 bits per heavy atom. The molecule has 0 amide bonds. The van der Waals surface area contributed by atoms with E-state index in [1.54, 1.807) is 50.6 Å². The first-order chi connectivity index (χ1) is 13.0. The number of aliphatic hydroxyl groups is 2. The number of imidazole rings is 1. The molecule has 8 nitrogen and oxygen atoms in total. The first-order valence-corrected chi connectivity index (χ1v) is 8.34. The monoisotopic (exact) mass is 370 g/mol. The fourth-order valence-electron chi connectivity index (χ4n) is 2.70. The maximum Gasteiger partial charge on any atom is 0.139 e. The number of nitrogens with zero attached hydrogens (tertiary/aromatic N) is 2. The maximum absolute atomic E-state index is 10.4. The number of aliphatic imine (C=N–C) groups is 1. The average molecular weight is 370 g/mol. The quantitative estimate of drug-likeness (QED) is 0.453. The number of hydrogen-bond donors (Lipinski definition) is 4. The van der Waals surface area contributed by atoms with Gasteiger partial charge < -0.3 is 30.0 Å². The largest absolute Gasteiger partial charge is 0.497 e. The number of rotatable bonds is 8. The Kier molecular flexibility index (Phi) is 5.58. The van der Waals surface area contributed by atoms with E-state index in [1.807, 2.05) is 0 Å². The molecular formula is C19H22N4O4. The number of anilines is 1. The van der Waals surface area contributed by atoms with E-state index in [2.05, 4.69) is 27.0 Å². The molecule has 3 aromatic rings. The van der Waals surface area contributed by atoms with E-state index < -0.39 is 12.2 Å². The normalized spacial score (nSPS) is 13.2. The fourth-order valence-corrected chi connectivity index (χ4v) is 2.70. The summed E-state index contributed by atoms with van der Waals surface area (Å²) in [6.07, 6.45) is -2.28. The number of nitrogens with one attached hydrogen (secondary N) is 2. The number of methoxy groups -OCH3 is 2. The van der Waals surface area contributed by atoms with Gasteiger partial charge in [-0.25, -0.2) is 4.98 Å². The number of H-pyrrole nitrogens is 1. The van der Waals surface area contributed by atoms with Gasteiger partial charge in [-0.2, -0.15) is 0 Å². The van der Waals surface area contributed by atoms with Crippen LogP contribution in [0.15, 0.2) is 41.4 Å². The zero-order chi connectivity index (χ0) is 19.4. The molecule has 0 radical (unpaired) electrons. The Morgan fingerprint density at radius 3 is 2.56 bits per heavy atom. The molecule has 0 fully saturated rings. The van der Waals surface area contributed by atoms with E-state index in [1.165, 1.54) is 0 Å². The highest BCUT2D eigenvalue weighted by atomic mass is 16.5. The van der Waals surface area contributed by atoms with Crippen LogP contribution in [0.4, 0.5) is 11.4 Å². The zero-order valence-electron chi connectivity index (χ0n) is 15.1. The van der Waals surface area contributed by atoms with Crippen LogP contribution in [0.2, 0.25) is 0 Å². The van der Waals surface area contributed by atoms with Gasteiger partial charge in [0.25, 0.3) is 0 Å². The molecule has 0 aliphatic heterocycles. The van der Waals surface area contributed by atoms with E-state index in [0.29, 0.717) is 28.4 Å². The third kappa shape index (κ3) is 4.02. The Bertz CT molecular complexity index is 941. The maximum atomic E-state index is 10.4. The number of benzene rings is 2. The van der Waals surface area contributed by atoms with Crippen LogP contribution in [0.3, 0.4) is 0 Å². The van der Waals surface area contributed by atoms with E-state index in [0.717, 1.165) is 5.52 Å². The van der Waals surface area contributed by atoms with Gasteiger partial charge in [0.15, 0.2) is 0 Å². The lowest BCUT2D eigenvalue weighted by Gasteiger charge is -2.18. The fraction of sp³-hybridized carbons (Fsp3) is 0.263. The molecule has 2 atom stereocenters. The van der Waals surface area contributed by atoms with Crippen LogP contribution in [-0.2, 0) is 0 Å². The van der Waals surface area contributed by atoms with Gasteiger partial charge >= 0.3 is 0 Å². The van der Waals surface area contributed by atoms with E-state index >= 15 is 0 Å². The Morgan fingerprint density at radius 2 is 1.85 bits per heavy atom. The van der Waals surface area contributed by atoms with Crippen LogP contribution in [0.1, 0.15) is 11.9 Å². The average Bonchev–Trinajstić information content (AvgIpc) is 3.14. The summed E-state index contributed by atoms with van der Waals surface area (Å²) in [7, 11) is 3.15. The molecule has 0 spiro atoms. The van der Waals surface area contributed by atoms with Gasteiger partial charge in [0.2, 0.25) is 0 Å². The lowest BCUT2D eigenvalue weighted by molar-refractivity contribution is 0.0220. The minimum atomic E-state index is -1.19. The molecule has 0 saturated heterocycles. The molecule has 4 N–H and O–H groups in total. The second-order valence-electron chi connectivity index (χ2n) is 5.94. The second-order valence-corrected chi connectivity index (χ2v) is 5.94. The Balaban J connectivity index is 1.70. The summed E-state index contributed by atoms with van der Waals surface area (Å²) in [5.41, 5.74) is 2.66. The molecule has 1 aromatic heterocycles. The van der Waals surface area contributed by atoms with Crippen molar-refractivity contribution in [2.24, 2.45) is 4.99 Å². The lowest BCUT2D eigenvalue weighted by atomic mass is 10.2. The summed E-state index contributed by atoms with van der Waals surface area (Å²) in [4.78, 5) is 11.3. The molecule has 1 heterocycles. The summed E-state index contributed by atoms with van der Waals surface area (Å²) in [5, 5.41) is 23.8. The smallest absolute Gasteiger partial charge is 0.139 e. The van der Waals surface area contributed by atoms with Crippen LogP contribution in [0, 0.1) is 0 Å². The predicted octanol–water partition coefficient (Wildman–Crippen LogP) is 2.42. The molecular weight excluding hydrogens is 348 g/mol. The molecule has 0 bridgehead atoms. The third-order valence-electron chi connectivity index (χ3n) is 4.23. The first-order valence-electron chi connectivity index (χ1n) is 8.34. The van der Waals surface area contributed by atoms with Gasteiger partial charge in [0.1, 0.15) is 29.5 Å².